The maximum Gasteiger partial charge on any atom is 0.271 e. The van der Waals surface area contributed by atoms with E-state index in [2.05, 4.69) is 20.0 Å². The molecule has 0 aliphatic rings. The molecule has 0 aliphatic carbocycles. The number of nitro groups is 1. The normalized spacial score (nSPS) is 11.4. The molecule has 1 aromatic heterocycles. The summed E-state index contributed by atoms with van der Waals surface area (Å²) in [4.78, 5) is 19.0. The lowest BCUT2D eigenvalue weighted by atomic mass is 10.2. The Morgan fingerprint density at radius 2 is 1.67 bits per heavy atom. The van der Waals surface area contributed by atoms with E-state index in [0.717, 1.165) is 24.3 Å². The summed E-state index contributed by atoms with van der Waals surface area (Å²) >= 11 is 6.17. The van der Waals surface area contributed by atoms with Crippen LogP contribution in [0.4, 0.5) is 27.4 Å². The lowest BCUT2D eigenvalue weighted by Gasteiger charge is -2.15. The first kappa shape index (κ1) is 22.4. The number of benzene rings is 3. The molecule has 0 saturated carbocycles. The molecule has 0 fully saturated rings. The highest BCUT2D eigenvalue weighted by Crippen LogP contribution is 2.32. The molecule has 4 rings (SSSR count). The van der Waals surface area contributed by atoms with Crippen molar-refractivity contribution in [1.82, 2.24) is 9.97 Å². The Hall–Kier alpha value is -3.83. The zero-order chi connectivity index (χ0) is 23.8. The van der Waals surface area contributed by atoms with Crippen LogP contribution in [0.15, 0.2) is 65.6 Å². The van der Waals surface area contributed by atoms with E-state index in [1.165, 1.54) is 19.1 Å². The van der Waals surface area contributed by atoms with Gasteiger partial charge in [-0.05, 0) is 48.9 Å². The molecule has 0 bridgehead atoms. The highest BCUT2D eigenvalue weighted by Gasteiger charge is 2.22. The molecule has 0 spiro atoms. The topological polar surface area (TPSA) is 127 Å². The van der Waals surface area contributed by atoms with Gasteiger partial charge in [0.1, 0.15) is 5.82 Å². The van der Waals surface area contributed by atoms with Crippen LogP contribution in [0.1, 0.15) is 5.56 Å². The van der Waals surface area contributed by atoms with Crippen LogP contribution in [0.5, 0.6) is 0 Å². The number of aromatic nitrogens is 2. The maximum absolute atomic E-state index is 13.5. The van der Waals surface area contributed by atoms with Crippen molar-refractivity contribution < 1.29 is 17.7 Å². The number of hydrogen-bond acceptors (Lipinski definition) is 7. The van der Waals surface area contributed by atoms with Gasteiger partial charge in [0, 0.05) is 12.1 Å². The van der Waals surface area contributed by atoms with Crippen LogP contribution in [-0.4, -0.2) is 23.3 Å². The van der Waals surface area contributed by atoms with Crippen molar-refractivity contribution in [2.24, 2.45) is 0 Å². The van der Waals surface area contributed by atoms with Crippen LogP contribution in [0.3, 0.4) is 0 Å². The minimum absolute atomic E-state index is 0.0211. The first-order valence-electron chi connectivity index (χ1n) is 9.41. The molecular weight excluding hydrogens is 473 g/mol. The van der Waals surface area contributed by atoms with Gasteiger partial charge in [0.2, 0.25) is 0 Å². The van der Waals surface area contributed by atoms with Crippen LogP contribution >= 0.6 is 11.6 Å². The third kappa shape index (κ3) is 4.69. The summed E-state index contributed by atoms with van der Waals surface area (Å²) in [6.07, 6.45) is 0. The highest BCUT2D eigenvalue weighted by atomic mass is 35.5. The fourth-order valence-corrected chi connectivity index (χ4v) is 4.56. The number of fused-ring (bicyclic) bond motifs is 1. The number of nitrogens with zero attached hydrogens (tertiary/aromatic N) is 3. The Kier molecular flexibility index (Phi) is 5.83. The standard InChI is InChI=1S/C21H15ClFN5O4S/c1-12-10-13(23)6-9-19(12)33(31,32)27-21-20(25-17-4-2-3-5-18(17)26-21)24-16-8-7-14(28(29)30)11-15(16)22/h2-11H,1H3,(H,24,25)(H,26,27). The molecule has 0 amide bonds. The monoisotopic (exact) mass is 487 g/mol. The fraction of sp³-hybridized carbons (Fsp3) is 0.0476. The van der Waals surface area contributed by atoms with Gasteiger partial charge in [0.05, 0.1) is 31.6 Å². The molecule has 0 aliphatic heterocycles. The minimum Gasteiger partial charge on any atom is -0.336 e. The summed E-state index contributed by atoms with van der Waals surface area (Å²) in [7, 11) is -4.15. The van der Waals surface area contributed by atoms with Gasteiger partial charge >= 0.3 is 0 Å². The zero-order valence-corrected chi connectivity index (χ0v) is 18.5. The third-order valence-electron chi connectivity index (χ3n) is 4.64. The van der Waals surface area contributed by atoms with Crippen molar-refractivity contribution in [3.05, 3.63) is 87.2 Å². The van der Waals surface area contributed by atoms with Gasteiger partial charge in [-0.1, -0.05) is 23.7 Å². The van der Waals surface area contributed by atoms with Gasteiger partial charge in [-0.3, -0.25) is 14.8 Å². The molecule has 168 valence electrons. The molecule has 9 nitrogen and oxygen atoms in total. The number of hydrogen-bond donors (Lipinski definition) is 2. The molecule has 2 N–H and O–H groups in total. The number of aryl methyl sites for hydroxylation is 1. The van der Waals surface area contributed by atoms with Gasteiger partial charge < -0.3 is 5.32 Å². The van der Waals surface area contributed by atoms with E-state index in [-0.39, 0.29) is 38.5 Å². The number of rotatable bonds is 6. The predicted molar refractivity (Wildman–Crippen MR) is 123 cm³/mol. The summed E-state index contributed by atoms with van der Waals surface area (Å²) in [5, 5.41) is 13.9. The SMILES string of the molecule is Cc1cc(F)ccc1S(=O)(=O)Nc1nc2ccccc2nc1Nc1ccc([N+](=O)[O-])cc1Cl. The van der Waals surface area contributed by atoms with E-state index >= 15 is 0 Å². The first-order valence-corrected chi connectivity index (χ1v) is 11.3. The fourth-order valence-electron chi connectivity index (χ4n) is 3.10. The van der Waals surface area contributed by atoms with Gasteiger partial charge in [0.25, 0.3) is 15.7 Å². The second kappa shape index (κ2) is 8.60. The van der Waals surface area contributed by atoms with Crippen molar-refractivity contribution in [3.8, 4) is 0 Å². The Morgan fingerprint density at radius 1 is 1.00 bits per heavy atom. The molecule has 0 radical (unpaired) electrons. The predicted octanol–water partition coefficient (Wildman–Crippen LogP) is 5.18. The van der Waals surface area contributed by atoms with Gasteiger partial charge in [-0.2, -0.15) is 0 Å². The Morgan fingerprint density at radius 3 is 2.27 bits per heavy atom. The molecule has 33 heavy (non-hydrogen) atoms. The van der Waals surface area contributed by atoms with Gasteiger partial charge in [0.15, 0.2) is 11.6 Å². The quantitative estimate of drug-likeness (QED) is 0.283. The van der Waals surface area contributed by atoms with E-state index in [1.807, 2.05) is 0 Å². The number of non-ortho nitro benzene ring substituents is 1. The summed E-state index contributed by atoms with van der Waals surface area (Å²) in [5.74, 6) is -0.674. The van der Waals surface area contributed by atoms with E-state index < -0.39 is 20.8 Å². The maximum atomic E-state index is 13.5. The number of para-hydroxylation sites is 2. The van der Waals surface area contributed by atoms with Gasteiger partial charge in [-0.25, -0.2) is 22.8 Å². The molecule has 0 unspecified atom stereocenters. The van der Waals surface area contributed by atoms with Crippen molar-refractivity contribution >= 4 is 55.7 Å². The van der Waals surface area contributed by atoms with Crippen LogP contribution in [0.2, 0.25) is 5.02 Å². The average Bonchev–Trinajstić information content (AvgIpc) is 2.74. The summed E-state index contributed by atoms with van der Waals surface area (Å²) in [6.45, 7) is 1.47. The zero-order valence-electron chi connectivity index (χ0n) is 16.9. The van der Waals surface area contributed by atoms with Gasteiger partial charge in [-0.15, -0.1) is 0 Å². The van der Waals surface area contributed by atoms with E-state index in [1.54, 1.807) is 24.3 Å². The molecule has 3 aromatic carbocycles. The number of nitrogens with one attached hydrogen (secondary N) is 2. The Labute approximate surface area is 192 Å². The smallest absolute Gasteiger partial charge is 0.271 e. The number of halogens is 2. The summed E-state index contributed by atoms with van der Waals surface area (Å²) < 4.78 is 41.9. The first-order chi connectivity index (χ1) is 15.6. The highest BCUT2D eigenvalue weighted by molar-refractivity contribution is 7.92. The summed E-state index contributed by atoms with van der Waals surface area (Å²) in [5.41, 5.74) is 1.16. The van der Waals surface area contributed by atoms with Crippen molar-refractivity contribution in [2.45, 2.75) is 11.8 Å². The van der Waals surface area contributed by atoms with E-state index in [9.17, 15) is 22.9 Å². The van der Waals surface area contributed by atoms with E-state index in [0.29, 0.717) is 11.0 Å². The van der Waals surface area contributed by atoms with Crippen LogP contribution < -0.4 is 10.0 Å². The molecule has 0 atom stereocenters. The molecule has 0 saturated heterocycles. The molecule has 4 aromatic rings. The lowest BCUT2D eigenvalue weighted by molar-refractivity contribution is -0.384. The second-order valence-electron chi connectivity index (χ2n) is 6.97. The number of anilines is 3. The van der Waals surface area contributed by atoms with Crippen LogP contribution in [0.25, 0.3) is 11.0 Å². The molecular formula is C21H15ClFN5O4S. The second-order valence-corrected chi connectivity index (χ2v) is 9.03. The largest absolute Gasteiger partial charge is 0.336 e. The number of sulfonamides is 1. The molecule has 1 heterocycles. The summed E-state index contributed by atoms with van der Waals surface area (Å²) in [6, 6.07) is 13.9. The third-order valence-corrected chi connectivity index (χ3v) is 6.46. The Balaban J connectivity index is 1.79. The van der Waals surface area contributed by atoms with Crippen molar-refractivity contribution in [2.75, 3.05) is 10.0 Å². The van der Waals surface area contributed by atoms with Crippen molar-refractivity contribution in [3.63, 3.8) is 0 Å². The minimum atomic E-state index is -4.15. The van der Waals surface area contributed by atoms with Crippen LogP contribution in [-0.2, 0) is 10.0 Å². The number of nitro benzene ring substituents is 1. The van der Waals surface area contributed by atoms with Crippen LogP contribution in [0, 0.1) is 22.9 Å². The lowest BCUT2D eigenvalue weighted by Crippen LogP contribution is -2.17. The average molecular weight is 488 g/mol. The Bertz CT molecular complexity index is 1510. The van der Waals surface area contributed by atoms with E-state index in [4.69, 9.17) is 11.6 Å². The van der Waals surface area contributed by atoms with Crippen molar-refractivity contribution in [1.29, 1.82) is 0 Å². The molecule has 12 heteroatoms.